The van der Waals surface area contributed by atoms with Gasteiger partial charge in [0.15, 0.2) is 10.9 Å². The second-order valence-corrected chi connectivity index (χ2v) is 8.47. The number of methoxy groups -OCH3 is 1. The molecule has 1 aromatic heterocycles. The summed E-state index contributed by atoms with van der Waals surface area (Å²) in [5, 5.41) is 12.9. The summed E-state index contributed by atoms with van der Waals surface area (Å²) in [5.41, 5.74) is 0.459. The third-order valence-corrected chi connectivity index (χ3v) is 6.50. The first-order valence-corrected chi connectivity index (χ1v) is 10.6. The van der Waals surface area contributed by atoms with Gasteiger partial charge in [0.25, 0.3) is 11.6 Å². The number of piperazine rings is 1. The van der Waals surface area contributed by atoms with E-state index in [0.717, 1.165) is 9.83 Å². The Kier molecular flexibility index (Phi) is 5.68. The zero-order chi connectivity index (χ0) is 21.4. The van der Waals surface area contributed by atoms with Crippen molar-refractivity contribution >= 4 is 61.5 Å². The number of ether oxygens (including phenoxy) is 1. The van der Waals surface area contributed by atoms with Gasteiger partial charge in [0.1, 0.15) is 11.1 Å². The number of benzene rings is 2. The average Bonchev–Trinajstić information content (AvgIpc) is 3.17. The Hall–Kier alpha value is -2.62. The third kappa shape index (κ3) is 3.76. The van der Waals surface area contributed by atoms with Gasteiger partial charge in [-0.1, -0.05) is 34.5 Å². The lowest BCUT2D eigenvalue weighted by molar-refractivity contribution is -0.385. The fraction of sp³-hybridized carbons (Fsp3) is 0.263. The molecule has 0 aliphatic carbocycles. The van der Waals surface area contributed by atoms with Crippen molar-refractivity contribution in [1.29, 1.82) is 0 Å². The molecule has 11 heteroatoms. The summed E-state index contributed by atoms with van der Waals surface area (Å²) >= 11 is 13.7. The van der Waals surface area contributed by atoms with Crippen molar-refractivity contribution in [2.45, 2.75) is 0 Å². The Bertz CT molecular complexity index is 1150. The van der Waals surface area contributed by atoms with Gasteiger partial charge in [0.05, 0.1) is 21.8 Å². The van der Waals surface area contributed by atoms with E-state index in [1.165, 1.54) is 29.5 Å². The maximum Gasteiger partial charge on any atom is 0.282 e. The summed E-state index contributed by atoms with van der Waals surface area (Å²) in [5.74, 6) is 0.139. The number of hydrogen-bond acceptors (Lipinski definition) is 7. The first-order chi connectivity index (χ1) is 14.4. The lowest BCUT2D eigenvalue weighted by Gasteiger charge is -2.34. The van der Waals surface area contributed by atoms with Crippen molar-refractivity contribution in [1.82, 2.24) is 9.88 Å². The van der Waals surface area contributed by atoms with Crippen LogP contribution in [-0.4, -0.2) is 54.0 Å². The predicted octanol–water partition coefficient (Wildman–Crippen LogP) is 4.48. The topological polar surface area (TPSA) is 88.8 Å². The lowest BCUT2D eigenvalue weighted by Crippen LogP contribution is -2.48. The number of aromatic nitrogens is 1. The molecule has 4 rings (SSSR count). The number of nitro benzene ring substituents is 1. The number of halogens is 2. The van der Waals surface area contributed by atoms with Gasteiger partial charge in [0, 0.05) is 37.3 Å². The smallest absolute Gasteiger partial charge is 0.282 e. The van der Waals surface area contributed by atoms with Gasteiger partial charge in [-0.15, -0.1) is 0 Å². The van der Waals surface area contributed by atoms with Crippen molar-refractivity contribution in [2.75, 3.05) is 38.2 Å². The molecule has 0 unspecified atom stereocenters. The van der Waals surface area contributed by atoms with Crippen LogP contribution in [0.5, 0.6) is 5.75 Å². The molecule has 2 heterocycles. The van der Waals surface area contributed by atoms with E-state index in [1.54, 1.807) is 18.1 Å². The van der Waals surface area contributed by atoms with Crippen LogP contribution in [0.15, 0.2) is 30.3 Å². The molecule has 0 bridgehead atoms. The monoisotopic (exact) mass is 466 g/mol. The van der Waals surface area contributed by atoms with Crippen LogP contribution < -0.4 is 9.64 Å². The van der Waals surface area contributed by atoms with Gasteiger partial charge < -0.3 is 14.5 Å². The fourth-order valence-electron chi connectivity index (χ4n) is 3.37. The first kappa shape index (κ1) is 20.6. The Labute approximate surface area is 185 Å². The molecule has 1 aliphatic rings. The van der Waals surface area contributed by atoms with E-state index >= 15 is 0 Å². The second kappa shape index (κ2) is 8.25. The van der Waals surface area contributed by atoms with Crippen LogP contribution in [0, 0.1) is 10.1 Å². The molecule has 0 atom stereocenters. The minimum absolute atomic E-state index is 0.000292. The molecule has 1 aliphatic heterocycles. The predicted molar refractivity (Wildman–Crippen MR) is 117 cm³/mol. The Morgan fingerprint density at radius 1 is 1.20 bits per heavy atom. The van der Waals surface area contributed by atoms with E-state index in [4.69, 9.17) is 27.9 Å². The highest BCUT2D eigenvalue weighted by atomic mass is 35.5. The molecule has 0 radical (unpaired) electrons. The highest BCUT2D eigenvalue weighted by Crippen LogP contribution is 2.38. The van der Waals surface area contributed by atoms with Gasteiger partial charge in [-0.05, 0) is 24.3 Å². The van der Waals surface area contributed by atoms with Crippen LogP contribution in [0.25, 0.3) is 10.2 Å². The van der Waals surface area contributed by atoms with Crippen LogP contribution in [0.2, 0.25) is 10.0 Å². The maximum atomic E-state index is 12.9. The number of rotatable bonds is 4. The molecule has 0 saturated carbocycles. The Morgan fingerprint density at radius 3 is 2.60 bits per heavy atom. The van der Waals surface area contributed by atoms with Gasteiger partial charge >= 0.3 is 0 Å². The van der Waals surface area contributed by atoms with Crippen LogP contribution >= 0.6 is 34.5 Å². The van der Waals surface area contributed by atoms with E-state index in [0.29, 0.717) is 42.5 Å². The van der Waals surface area contributed by atoms with Crippen LogP contribution in [0.3, 0.4) is 0 Å². The zero-order valence-electron chi connectivity index (χ0n) is 15.8. The standard InChI is InChI=1S/C19H16Cl2N4O4S/c1-29-17-13(21)3-5-15-16(17)22-19(30-15)24-8-6-23(7-9-24)18(26)12-10-11(20)2-4-14(12)25(27)28/h2-5,10H,6-9H2,1H3. The van der Waals surface area contributed by atoms with Crippen molar-refractivity contribution < 1.29 is 14.5 Å². The summed E-state index contributed by atoms with van der Waals surface area (Å²) < 4.78 is 6.33. The molecule has 3 aromatic rings. The van der Waals surface area contributed by atoms with Gasteiger partial charge in [0.2, 0.25) is 0 Å². The van der Waals surface area contributed by atoms with Gasteiger partial charge in [-0.2, -0.15) is 0 Å². The number of nitrogens with zero attached hydrogens (tertiary/aromatic N) is 4. The molecular formula is C19H16Cl2N4O4S. The summed E-state index contributed by atoms with van der Waals surface area (Å²) in [6.45, 7) is 1.93. The van der Waals surface area contributed by atoms with E-state index in [2.05, 4.69) is 9.88 Å². The van der Waals surface area contributed by atoms with Crippen molar-refractivity contribution in [3.8, 4) is 5.75 Å². The highest BCUT2D eigenvalue weighted by molar-refractivity contribution is 7.22. The number of thiazole rings is 1. The van der Waals surface area contributed by atoms with Crippen molar-refractivity contribution in [2.24, 2.45) is 0 Å². The van der Waals surface area contributed by atoms with E-state index in [9.17, 15) is 14.9 Å². The summed E-state index contributed by atoms with van der Waals surface area (Å²) in [7, 11) is 1.55. The fourth-order valence-corrected chi connectivity index (χ4v) is 4.79. The maximum absolute atomic E-state index is 12.9. The number of amides is 1. The van der Waals surface area contributed by atoms with Crippen LogP contribution in [-0.2, 0) is 0 Å². The molecule has 1 saturated heterocycles. The number of hydrogen-bond donors (Lipinski definition) is 0. The second-order valence-electron chi connectivity index (χ2n) is 6.62. The number of nitro groups is 1. The minimum Gasteiger partial charge on any atom is -0.493 e. The molecule has 1 amide bonds. The van der Waals surface area contributed by atoms with E-state index in [-0.39, 0.29) is 16.3 Å². The summed E-state index contributed by atoms with van der Waals surface area (Å²) in [6.07, 6.45) is 0. The lowest BCUT2D eigenvalue weighted by atomic mass is 10.1. The van der Waals surface area contributed by atoms with E-state index in [1.807, 2.05) is 6.07 Å². The van der Waals surface area contributed by atoms with Crippen LogP contribution in [0.1, 0.15) is 10.4 Å². The normalized spacial score (nSPS) is 14.2. The first-order valence-electron chi connectivity index (χ1n) is 9.00. The van der Waals surface area contributed by atoms with Gasteiger partial charge in [-0.3, -0.25) is 14.9 Å². The molecule has 2 aromatic carbocycles. The SMILES string of the molecule is COc1c(Cl)ccc2sc(N3CCN(C(=O)c4cc(Cl)ccc4[N+](=O)[O-])CC3)nc12. The molecular weight excluding hydrogens is 451 g/mol. The number of carbonyl (C=O) groups excluding carboxylic acids is 1. The van der Waals surface area contributed by atoms with Crippen molar-refractivity contribution in [3.63, 3.8) is 0 Å². The Balaban J connectivity index is 1.52. The largest absolute Gasteiger partial charge is 0.493 e. The van der Waals surface area contributed by atoms with Gasteiger partial charge in [-0.25, -0.2) is 4.98 Å². The molecule has 0 N–H and O–H groups in total. The highest BCUT2D eigenvalue weighted by Gasteiger charge is 2.29. The average molecular weight is 467 g/mol. The summed E-state index contributed by atoms with van der Waals surface area (Å²) in [6, 6.07) is 7.68. The third-order valence-electron chi connectivity index (χ3n) is 4.88. The zero-order valence-corrected chi connectivity index (χ0v) is 18.1. The summed E-state index contributed by atoms with van der Waals surface area (Å²) in [4.78, 5) is 31.9. The van der Waals surface area contributed by atoms with Crippen LogP contribution in [0.4, 0.5) is 10.8 Å². The minimum atomic E-state index is -0.570. The molecule has 1 fully saturated rings. The molecule has 30 heavy (non-hydrogen) atoms. The number of fused-ring (bicyclic) bond motifs is 1. The Morgan fingerprint density at radius 2 is 1.93 bits per heavy atom. The quantitative estimate of drug-likeness (QED) is 0.415. The molecule has 8 nitrogen and oxygen atoms in total. The molecule has 0 spiro atoms. The van der Waals surface area contributed by atoms with Crippen molar-refractivity contribution in [3.05, 3.63) is 56.1 Å². The number of anilines is 1. The molecule has 156 valence electrons. The number of carbonyl (C=O) groups is 1. The van der Waals surface area contributed by atoms with E-state index < -0.39 is 10.8 Å².